The van der Waals surface area contributed by atoms with Crippen molar-refractivity contribution >= 4 is 29.9 Å². The van der Waals surface area contributed by atoms with Crippen LogP contribution in [0.3, 0.4) is 0 Å². The van der Waals surface area contributed by atoms with Crippen molar-refractivity contribution in [3.63, 3.8) is 0 Å². The summed E-state index contributed by atoms with van der Waals surface area (Å²) in [7, 11) is 1.78. The number of hydrogen-bond donors (Lipinski definition) is 2. The van der Waals surface area contributed by atoms with E-state index >= 15 is 0 Å². The molecule has 0 aliphatic carbocycles. The first kappa shape index (κ1) is 19.5. The number of nitrogens with zero attached hydrogens (tertiary/aromatic N) is 3. The first-order valence-corrected chi connectivity index (χ1v) is 7.50. The summed E-state index contributed by atoms with van der Waals surface area (Å²) in [5, 5.41) is 11.0. The summed E-state index contributed by atoms with van der Waals surface area (Å²) in [6.07, 6.45) is 3.95. The van der Waals surface area contributed by atoms with Crippen LogP contribution < -0.4 is 10.6 Å². The second-order valence-electron chi connectivity index (χ2n) is 6.33. The SMILES string of the molecule is CN=C(NCc1cnn(Cc2ccccc2)c1)NC(C)(C)C.I. The highest BCUT2D eigenvalue weighted by atomic mass is 127. The zero-order chi connectivity index (χ0) is 16.0. The monoisotopic (exact) mass is 427 g/mol. The maximum absolute atomic E-state index is 4.41. The second-order valence-corrected chi connectivity index (χ2v) is 6.33. The van der Waals surface area contributed by atoms with Gasteiger partial charge in [-0.25, -0.2) is 0 Å². The van der Waals surface area contributed by atoms with Crippen molar-refractivity contribution < 1.29 is 0 Å². The zero-order valence-corrected chi connectivity index (χ0v) is 16.5. The zero-order valence-electron chi connectivity index (χ0n) is 14.2. The Kier molecular flexibility index (Phi) is 7.54. The van der Waals surface area contributed by atoms with E-state index in [0.717, 1.165) is 18.1 Å². The Morgan fingerprint density at radius 3 is 2.48 bits per heavy atom. The Morgan fingerprint density at radius 1 is 1.17 bits per heavy atom. The van der Waals surface area contributed by atoms with Gasteiger partial charge in [-0.3, -0.25) is 9.67 Å². The van der Waals surface area contributed by atoms with Crippen molar-refractivity contribution in [2.45, 2.75) is 39.4 Å². The van der Waals surface area contributed by atoms with E-state index in [-0.39, 0.29) is 29.5 Å². The average molecular weight is 427 g/mol. The van der Waals surface area contributed by atoms with E-state index in [2.05, 4.69) is 59.8 Å². The number of nitrogens with one attached hydrogen (secondary N) is 2. The molecule has 0 saturated carbocycles. The molecule has 1 aromatic heterocycles. The van der Waals surface area contributed by atoms with Gasteiger partial charge in [0.15, 0.2) is 5.96 Å². The number of aromatic nitrogens is 2. The van der Waals surface area contributed by atoms with Crippen LogP contribution in [0.1, 0.15) is 31.9 Å². The maximum atomic E-state index is 4.41. The van der Waals surface area contributed by atoms with Gasteiger partial charge < -0.3 is 10.6 Å². The summed E-state index contributed by atoms with van der Waals surface area (Å²) in [6.45, 7) is 7.81. The van der Waals surface area contributed by atoms with E-state index in [4.69, 9.17) is 0 Å². The van der Waals surface area contributed by atoms with E-state index < -0.39 is 0 Å². The van der Waals surface area contributed by atoms with Crippen LogP contribution in [-0.2, 0) is 13.1 Å². The standard InChI is InChI=1S/C17H25N5.HI/c1-17(2,3)21-16(18-4)19-10-15-11-20-22(13-15)12-14-8-6-5-7-9-14;/h5-9,11,13H,10,12H2,1-4H3,(H2,18,19,21);1H. The predicted octanol–water partition coefficient (Wildman–Crippen LogP) is 3.01. The molecule has 0 aliphatic heterocycles. The topological polar surface area (TPSA) is 54.2 Å². The molecule has 0 spiro atoms. The Labute approximate surface area is 155 Å². The molecular weight excluding hydrogens is 401 g/mol. The Balaban J connectivity index is 0.00000264. The Bertz CT molecular complexity index is 613. The number of hydrogen-bond acceptors (Lipinski definition) is 2. The van der Waals surface area contributed by atoms with Gasteiger partial charge in [0.25, 0.3) is 0 Å². The van der Waals surface area contributed by atoms with Gasteiger partial charge >= 0.3 is 0 Å². The van der Waals surface area contributed by atoms with Crippen molar-refractivity contribution in [1.29, 1.82) is 0 Å². The van der Waals surface area contributed by atoms with Crippen LogP contribution in [0.25, 0.3) is 0 Å². The molecule has 0 fully saturated rings. The quantitative estimate of drug-likeness (QED) is 0.448. The first-order valence-electron chi connectivity index (χ1n) is 7.50. The molecule has 0 radical (unpaired) electrons. The largest absolute Gasteiger partial charge is 0.352 e. The number of rotatable bonds is 4. The van der Waals surface area contributed by atoms with Crippen LogP contribution >= 0.6 is 24.0 Å². The highest BCUT2D eigenvalue weighted by Crippen LogP contribution is 2.04. The highest BCUT2D eigenvalue weighted by Gasteiger charge is 2.11. The number of benzene rings is 1. The second kappa shape index (κ2) is 8.90. The minimum absolute atomic E-state index is 0. The van der Waals surface area contributed by atoms with Crippen LogP contribution in [0.2, 0.25) is 0 Å². The summed E-state index contributed by atoms with van der Waals surface area (Å²) >= 11 is 0. The molecule has 126 valence electrons. The minimum Gasteiger partial charge on any atom is -0.352 e. The molecule has 23 heavy (non-hydrogen) atoms. The first-order chi connectivity index (χ1) is 10.5. The lowest BCUT2D eigenvalue weighted by Crippen LogP contribution is -2.47. The minimum atomic E-state index is -0.0145. The number of halogens is 1. The summed E-state index contributed by atoms with van der Waals surface area (Å²) in [6, 6.07) is 10.3. The summed E-state index contributed by atoms with van der Waals surface area (Å²) < 4.78 is 1.95. The van der Waals surface area contributed by atoms with E-state index in [1.807, 2.05) is 29.1 Å². The molecule has 0 bridgehead atoms. The van der Waals surface area contributed by atoms with Gasteiger partial charge in [0.1, 0.15) is 0 Å². The fourth-order valence-corrected chi connectivity index (χ4v) is 2.07. The molecule has 6 heteroatoms. The van der Waals surface area contributed by atoms with Crippen molar-refractivity contribution in [3.05, 3.63) is 53.9 Å². The summed E-state index contributed by atoms with van der Waals surface area (Å²) in [5.74, 6) is 0.795. The van der Waals surface area contributed by atoms with Crippen LogP contribution in [0, 0.1) is 0 Å². The van der Waals surface area contributed by atoms with Crippen molar-refractivity contribution in [1.82, 2.24) is 20.4 Å². The molecule has 0 atom stereocenters. The molecule has 2 rings (SSSR count). The molecule has 5 nitrogen and oxygen atoms in total. The molecule has 2 N–H and O–H groups in total. The third-order valence-electron chi connectivity index (χ3n) is 3.05. The van der Waals surface area contributed by atoms with Crippen LogP contribution in [-0.4, -0.2) is 28.3 Å². The third-order valence-corrected chi connectivity index (χ3v) is 3.05. The average Bonchev–Trinajstić information content (AvgIpc) is 2.91. The smallest absolute Gasteiger partial charge is 0.191 e. The fourth-order valence-electron chi connectivity index (χ4n) is 2.07. The van der Waals surface area contributed by atoms with Crippen molar-refractivity contribution in [2.75, 3.05) is 7.05 Å². The third kappa shape index (κ3) is 7.02. The van der Waals surface area contributed by atoms with Crippen molar-refractivity contribution in [3.8, 4) is 0 Å². The molecule has 2 aromatic rings. The lowest BCUT2D eigenvalue weighted by Gasteiger charge is -2.23. The molecule has 1 aromatic carbocycles. The van der Waals surface area contributed by atoms with Crippen LogP contribution in [0.5, 0.6) is 0 Å². The van der Waals surface area contributed by atoms with E-state index in [1.165, 1.54) is 5.56 Å². The lowest BCUT2D eigenvalue weighted by atomic mass is 10.1. The number of guanidine groups is 1. The van der Waals surface area contributed by atoms with E-state index in [9.17, 15) is 0 Å². The fraction of sp³-hybridized carbons (Fsp3) is 0.412. The van der Waals surface area contributed by atoms with Crippen LogP contribution in [0.15, 0.2) is 47.7 Å². The Morgan fingerprint density at radius 2 is 1.87 bits per heavy atom. The normalized spacial score (nSPS) is 11.7. The van der Waals surface area contributed by atoms with Gasteiger partial charge in [-0.1, -0.05) is 30.3 Å². The number of aliphatic imine (C=N–C) groups is 1. The Hall–Kier alpha value is -1.57. The lowest BCUT2D eigenvalue weighted by molar-refractivity contribution is 0.501. The molecule has 0 saturated heterocycles. The van der Waals surface area contributed by atoms with E-state index in [0.29, 0.717) is 6.54 Å². The van der Waals surface area contributed by atoms with Crippen molar-refractivity contribution in [2.24, 2.45) is 4.99 Å². The van der Waals surface area contributed by atoms with Crippen LogP contribution in [0.4, 0.5) is 0 Å². The molecule has 0 unspecified atom stereocenters. The van der Waals surface area contributed by atoms with Gasteiger partial charge in [-0.05, 0) is 26.3 Å². The molecule has 0 amide bonds. The predicted molar refractivity (Wildman–Crippen MR) is 106 cm³/mol. The van der Waals surface area contributed by atoms with Gasteiger partial charge in [0, 0.05) is 30.9 Å². The van der Waals surface area contributed by atoms with Gasteiger partial charge in [-0.2, -0.15) is 5.10 Å². The highest BCUT2D eigenvalue weighted by molar-refractivity contribution is 14.0. The molecule has 0 aliphatic rings. The molecule has 1 heterocycles. The molecular formula is C17H26IN5. The maximum Gasteiger partial charge on any atom is 0.191 e. The van der Waals surface area contributed by atoms with Gasteiger partial charge in [0.2, 0.25) is 0 Å². The summed E-state index contributed by atoms with van der Waals surface area (Å²) in [4.78, 5) is 4.23. The van der Waals surface area contributed by atoms with Gasteiger partial charge in [0.05, 0.1) is 12.7 Å². The van der Waals surface area contributed by atoms with E-state index in [1.54, 1.807) is 7.05 Å². The summed E-state index contributed by atoms with van der Waals surface area (Å²) in [5.41, 5.74) is 2.36. The van der Waals surface area contributed by atoms with Gasteiger partial charge in [-0.15, -0.1) is 24.0 Å².